The zero-order valence-corrected chi connectivity index (χ0v) is 7.61. The first-order valence-electron chi connectivity index (χ1n) is 4.37. The van der Waals surface area contributed by atoms with Crippen LogP contribution in [0.3, 0.4) is 0 Å². The van der Waals surface area contributed by atoms with Gasteiger partial charge >= 0.3 is 0 Å². The quantitative estimate of drug-likeness (QED) is 0.510. The van der Waals surface area contributed by atoms with Crippen molar-refractivity contribution < 1.29 is 0 Å². The molecular formula is C10H20. The summed E-state index contributed by atoms with van der Waals surface area (Å²) in [6, 6.07) is 0. The zero-order valence-electron chi connectivity index (χ0n) is 7.61. The van der Waals surface area contributed by atoms with Crippen LogP contribution in [0.15, 0.2) is 12.2 Å². The Morgan fingerprint density at radius 1 is 1.40 bits per heavy atom. The fraction of sp³-hybridized carbons (Fsp3) is 0.800. The molecule has 60 valence electrons. The Morgan fingerprint density at radius 3 is 2.40 bits per heavy atom. The molecule has 0 saturated heterocycles. The van der Waals surface area contributed by atoms with E-state index in [1.54, 1.807) is 0 Å². The molecule has 0 aliphatic carbocycles. The van der Waals surface area contributed by atoms with Crippen LogP contribution >= 0.6 is 0 Å². The zero-order chi connectivity index (χ0) is 7.98. The van der Waals surface area contributed by atoms with Gasteiger partial charge in [-0.2, -0.15) is 0 Å². The lowest BCUT2D eigenvalue weighted by molar-refractivity contribution is 0.516. The maximum atomic E-state index is 4.00. The third-order valence-electron chi connectivity index (χ3n) is 1.92. The van der Waals surface area contributed by atoms with Crippen molar-refractivity contribution >= 4 is 0 Å². The minimum Gasteiger partial charge on any atom is -0.0999 e. The van der Waals surface area contributed by atoms with Crippen LogP contribution in [-0.2, 0) is 0 Å². The first-order chi connectivity index (χ1) is 4.70. The predicted octanol–water partition coefficient (Wildman–Crippen LogP) is 3.78. The highest BCUT2D eigenvalue weighted by molar-refractivity contribution is 4.93. The Hall–Kier alpha value is -0.260. The second-order valence-electron chi connectivity index (χ2n) is 3.20. The van der Waals surface area contributed by atoms with E-state index in [1.165, 1.54) is 24.8 Å². The first-order valence-corrected chi connectivity index (χ1v) is 4.37. The van der Waals surface area contributed by atoms with Gasteiger partial charge in [-0.3, -0.25) is 0 Å². The molecule has 0 spiro atoms. The normalized spacial score (nSPS) is 13.1. The summed E-state index contributed by atoms with van der Waals surface area (Å²) in [5.41, 5.74) is 1.40. The molecule has 0 aliphatic rings. The Labute approximate surface area is 65.3 Å². The molecule has 0 saturated carbocycles. The Balaban J connectivity index is 3.37. The second kappa shape index (κ2) is 5.52. The van der Waals surface area contributed by atoms with Crippen molar-refractivity contribution in [2.24, 2.45) is 5.92 Å². The number of rotatable bonds is 5. The summed E-state index contributed by atoms with van der Waals surface area (Å²) in [5, 5.41) is 0. The summed E-state index contributed by atoms with van der Waals surface area (Å²) in [4.78, 5) is 0. The standard InChI is InChI=1S/C10H20/c1-5-7-10(4)8-9(3)6-2/h10H,3,5-8H2,1-2,4H3. The van der Waals surface area contributed by atoms with Gasteiger partial charge in [0.25, 0.3) is 0 Å². The SMILES string of the molecule is C=C(CC)CC(C)CCC. The fourth-order valence-electron chi connectivity index (χ4n) is 1.23. The molecule has 0 heterocycles. The molecule has 0 amide bonds. The molecule has 0 nitrogen and oxygen atoms in total. The molecule has 0 rings (SSSR count). The highest BCUT2D eigenvalue weighted by atomic mass is 14.1. The molecule has 0 radical (unpaired) electrons. The average molecular weight is 140 g/mol. The lowest BCUT2D eigenvalue weighted by Gasteiger charge is -2.09. The van der Waals surface area contributed by atoms with Gasteiger partial charge in [0, 0.05) is 0 Å². The third-order valence-corrected chi connectivity index (χ3v) is 1.92. The average Bonchev–Trinajstić information content (AvgIpc) is 1.88. The lowest BCUT2D eigenvalue weighted by atomic mass is 9.97. The summed E-state index contributed by atoms with van der Waals surface area (Å²) >= 11 is 0. The van der Waals surface area contributed by atoms with E-state index in [0.717, 1.165) is 12.3 Å². The van der Waals surface area contributed by atoms with E-state index in [1.807, 2.05) is 0 Å². The van der Waals surface area contributed by atoms with Gasteiger partial charge in [0.05, 0.1) is 0 Å². The van der Waals surface area contributed by atoms with Gasteiger partial charge in [0.15, 0.2) is 0 Å². The van der Waals surface area contributed by atoms with Crippen molar-refractivity contribution in [3.63, 3.8) is 0 Å². The number of hydrogen-bond donors (Lipinski definition) is 0. The van der Waals surface area contributed by atoms with E-state index in [0.29, 0.717) is 0 Å². The van der Waals surface area contributed by atoms with Crippen LogP contribution in [0.25, 0.3) is 0 Å². The molecule has 10 heavy (non-hydrogen) atoms. The van der Waals surface area contributed by atoms with Gasteiger partial charge in [0.1, 0.15) is 0 Å². The van der Waals surface area contributed by atoms with Crippen molar-refractivity contribution in [3.8, 4) is 0 Å². The molecule has 0 heteroatoms. The lowest BCUT2D eigenvalue weighted by Crippen LogP contribution is -1.94. The van der Waals surface area contributed by atoms with Crippen LogP contribution in [0, 0.1) is 5.92 Å². The summed E-state index contributed by atoms with van der Waals surface area (Å²) in [6.07, 6.45) is 5.02. The topological polar surface area (TPSA) is 0 Å². The van der Waals surface area contributed by atoms with Gasteiger partial charge in [0.2, 0.25) is 0 Å². The van der Waals surface area contributed by atoms with Gasteiger partial charge in [-0.1, -0.05) is 45.8 Å². The molecule has 0 bridgehead atoms. The first kappa shape index (κ1) is 9.74. The van der Waals surface area contributed by atoms with E-state index < -0.39 is 0 Å². The molecule has 0 fully saturated rings. The highest BCUT2D eigenvalue weighted by Gasteiger charge is 2.00. The third kappa shape index (κ3) is 4.60. The molecular weight excluding hydrogens is 120 g/mol. The summed E-state index contributed by atoms with van der Waals surface area (Å²) in [5.74, 6) is 0.845. The van der Waals surface area contributed by atoms with Crippen molar-refractivity contribution in [1.29, 1.82) is 0 Å². The summed E-state index contributed by atoms with van der Waals surface area (Å²) in [6.45, 7) is 10.7. The fourth-order valence-corrected chi connectivity index (χ4v) is 1.23. The summed E-state index contributed by atoms with van der Waals surface area (Å²) in [7, 11) is 0. The van der Waals surface area contributed by atoms with Crippen LogP contribution in [0.5, 0.6) is 0 Å². The van der Waals surface area contributed by atoms with Gasteiger partial charge in [-0.25, -0.2) is 0 Å². The molecule has 1 unspecified atom stereocenters. The van der Waals surface area contributed by atoms with Crippen LogP contribution in [0.1, 0.15) is 46.5 Å². The van der Waals surface area contributed by atoms with Crippen molar-refractivity contribution in [1.82, 2.24) is 0 Å². The van der Waals surface area contributed by atoms with Crippen LogP contribution in [0.4, 0.5) is 0 Å². The van der Waals surface area contributed by atoms with Crippen LogP contribution in [-0.4, -0.2) is 0 Å². The minimum atomic E-state index is 0.845. The van der Waals surface area contributed by atoms with E-state index in [2.05, 4.69) is 27.4 Å². The highest BCUT2D eigenvalue weighted by Crippen LogP contribution is 2.16. The Kier molecular flexibility index (Phi) is 5.38. The second-order valence-corrected chi connectivity index (χ2v) is 3.20. The van der Waals surface area contributed by atoms with Crippen molar-refractivity contribution in [3.05, 3.63) is 12.2 Å². The largest absolute Gasteiger partial charge is 0.0999 e. The number of hydrogen-bond acceptors (Lipinski definition) is 0. The van der Waals surface area contributed by atoms with E-state index in [4.69, 9.17) is 0 Å². The monoisotopic (exact) mass is 140 g/mol. The molecule has 0 aromatic rings. The van der Waals surface area contributed by atoms with Gasteiger partial charge < -0.3 is 0 Å². The number of allylic oxidation sites excluding steroid dienone is 1. The molecule has 1 atom stereocenters. The smallest absolute Gasteiger partial charge is 0.0297 e. The molecule has 0 N–H and O–H groups in total. The Morgan fingerprint density at radius 2 is 2.00 bits per heavy atom. The van der Waals surface area contributed by atoms with Crippen molar-refractivity contribution in [2.45, 2.75) is 46.5 Å². The van der Waals surface area contributed by atoms with E-state index >= 15 is 0 Å². The van der Waals surface area contributed by atoms with E-state index in [-0.39, 0.29) is 0 Å². The molecule has 0 aromatic carbocycles. The Bertz CT molecular complexity index is 92.2. The van der Waals surface area contributed by atoms with Crippen molar-refractivity contribution in [2.75, 3.05) is 0 Å². The van der Waals surface area contributed by atoms with Gasteiger partial charge in [-0.05, 0) is 18.8 Å². The van der Waals surface area contributed by atoms with Crippen LogP contribution in [0.2, 0.25) is 0 Å². The predicted molar refractivity (Wildman–Crippen MR) is 48.1 cm³/mol. The maximum Gasteiger partial charge on any atom is -0.0297 e. The molecule has 0 aliphatic heterocycles. The maximum absolute atomic E-state index is 4.00. The molecule has 0 aromatic heterocycles. The summed E-state index contributed by atoms with van der Waals surface area (Å²) < 4.78 is 0. The van der Waals surface area contributed by atoms with E-state index in [9.17, 15) is 0 Å². The minimum absolute atomic E-state index is 0.845. The van der Waals surface area contributed by atoms with Gasteiger partial charge in [-0.15, -0.1) is 0 Å². The van der Waals surface area contributed by atoms with Crippen LogP contribution < -0.4 is 0 Å².